The van der Waals surface area contributed by atoms with E-state index in [9.17, 15) is 0 Å². The first-order chi connectivity index (χ1) is 10.2. The highest BCUT2D eigenvalue weighted by molar-refractivity contribution is 9.10. The normalized spacial score (nSPS) is 17.7. The Bertz CT molecular complexity index is 669. The number of benzene rings is 2. The molecule has 0 radical (unpaired) electrons. The van der Waals surface area contributed by atoms with Crippen LogP contribution >= 0.6 is 15.9 Å². The summed E-state index contributed by atoms with van der Waals surface area (Å²) in [5.74, 6) is 1.40. The highest BCUT2D eigenvalue weighted by Gasteiger charge is 2.28. The van der Waals surface area contributed by atoms with Gasteiger partial charge < -0.3 is 15.4 Å². The molecule has 0 spiro atoms. The lowest BCUT2D eigenvalue weighted by atomic mass is 10.1. The summed E-state index contributed by atoms with van der Waals surface area (Å²) in [6, 6.07) is 16.2. The van der Waals surface area contributed by atoms with Gasteiger partial charge in [-0.05, 0) is 35.9 Å². The van der Waals surface area contributed by atoms with E-state index in [1.807, 2.05) is 36.4 Å². The van der Waals surface area contributed by atoms with Crippen molar-refractivity contribution in [2.45, 2.75) is 6.04 Å². The maximum Gasteiger partial charge on any atom is 0.196 e. The monoisotopic (exact) mass is 345 g/mol. The molecule has 1 atom stereocenters. The Morgan fingerprint density at radius 3 is 2.67 bits per heavy atom. The number of guanidine groups is 1. The third kappa shape index (κ3) is 2.74. The van der Waals surface area contributed by atoms with Crippen LogP contribution in [0.15, 0.2) is 58.0 Å². The first kappa shape index (κ1) is 13.9. The molecule has 0 saturated heterocycles. The molecular formula is C16H16BrN3O. The van der Waals surface area contributed by atoms with Gasteiger partial charge in [-0.1, -0.05) is 34.1 Å². The van der Waals surface area contributed by atoms with Crippen molar-refractivity contribution in [3.8, 4) is 5.75 Å². The number of methoxy groups -OCH3 is 1. The number of nitrogens with zero attached hydrogens (tertiary/aromatic N) is 2. The quantitative estimate of drug-likeness (QED) is 0.928. The average Bonchev–Trinajstić information content (AvgIpc) is 2.89. The van der Waals surface area contributed by atoms with Crippen molar-refractivity contribution in [3.05, 3.63) is 58.6 Å². The number of hydrogen-bond donors (Lipinski definition) is 1. The molecule has 4 nitrogen and oxygen atoms in total. The predicted octanol–water partition coefficient (Wildman–Crippen LogP) is 3.33. The number of nitrogens with two attached hydrogens (primary N) is 1. The molecule has 0 amide bonds. The highest BCUT2D eigenvalue weighted by Crippen LogP contribution is 2.32. The number of hydrogen-bond acceptors (Lipinski definition) is 4. The molecule has 0 saturated carbocycles. The van der Waals surface area contributed by atoms with Crippen LogP contribution in [0.3, 0.4) is 0 Å². The predicted molar refractivity (Wildman–Crippen MR) is 88.8 cm³/mol. The molecular weight excluding hydrogens is 330 g/mol. The van der Waals surface area contributed by atoms with E-state index in [0.29, 0.717) is 12.5 Å². The van der Waals surface area contributed by atoms with E-state index in [1.54, 1.807) is 7.11 Å². The number of aliphatic imine (C=N–C) groups is 1. The van der Waals surface area contributed by atoms with Crippen LogP contribution in [0, 0.1) is 0 Å². The molecule has 1 heterocycles. The Morgan fingerprint density at radius 2 is 2.00 bits per heavy atom. The van der Waals surface area contributed by atoms with Gasteiger partial charge in [0.05, 0.1) is 19.7 Å². The summed E-state index contributed by atoms with van der Waals surface area (Å²) in [5, 5.41) is 0. The third-order valence-corrected chi connectivity index (χ3v) is 4.06. The van der Waals surface area contributed by atoms with E-state index in [4.69, 9.17) is 10.5 Å². The Balaban J connectivity index is 1.94. The molecule has 1 aliphatic rings. The first-order valence-corrected chi connectivity index (χ1v) is 7.47. The van der Waals surface area contributed by atoms with Crippen LogP contribution in [-0.2, 0) is 0 Å². The van der Waals surface area contributed by atoms with Gasteiger partial charge in [0.1, 0.15) is 5.75 Å². The van der Waals surface area contributed by atoms with Crippen LogP contribution in [0.5, 0.6) is 5.75 Å². The van der Waals surface area contributed by atoms with Gasteiger partial charge in [-0.2, -0.15) is 0 Å². The zero-order valence-electron chi connectivity index (χ0n) is 11.7. The van der Waals surface area contributed by atoms with Crippen molar-refractivity contribution >= 4 is 27.6 Å². The molecule has 5 heteroatoms. The summed E-state index contributed by atoms with van der Waals surface area (Å²) >= 11 is 3.50. The Labute approximate surface area is 132 Å². The van der Waals surface area contributed by atoms with Gasteiger partial charge in [0.2, 0.25) is 0 Å². The third-order valence-electron chi connectivity index (χ3n) is 3.57. The van der Waals surface area contributed by atoms with Crippen molar-refractivity contribution in [3.63, 3.8) is 0 Å². The Morgan fingerprint density at radius 1 is 1.24 bits per heavy atom. The highest BCUT2D eigenvalue weighted by atomic mass is 79.9. The summed E-state index contributed by atoms with van der Waals surface area (Å²) in [7, 11) is 1.67. The zero-order valence-corrected chi connectivity index (χ0v) is 13.2. The van der Waals surface area contributed by atoms with Gasteiger partial charge in [-0.3, -0.25) is 4.99 Å². The van der Waals surface area contributed by atoms with Crippen LogP contribution < -0.4 is 15.4 Å². The average molecular weight is 346 g/mol. The number of halogens is 1. The summed E-state index contributed by atoms with van der Waals surface area (Å²) < 4.78 is 6.23. The molecule has 2 aromatic rings. The minimum atomic E-state index is 0.116. The molecule has 0 aliphatic carbocycles. The summed E-state index contributed by atoms with van der Waals surface area (Å²) in [6.45, 7) is 0.657. The summed E-state index contributed by atoms with van der Waals surface area (Å²) in [4.78, 5) is 6.46. The van der Waals surface area contributed by atoms with Gasteiger partial charge in [0, 0.05) is 10.2 Å². The summed E-state index contributed by atoms with van der Waals surface area (Å²) in [6.07, 6.45) is 0. The lowest BCUT2D eigenvalue weighted by Crippen LogP contribution is -2.36. The topological polar surface area (TPSA) is 50.9 Å². The molecule has 2 N–H and O–H groups in total. The molecule has 0 aromatic heterocycles. The molecule has 0 bridgehead atoms. The fraction of sp³-hybridized carbons (Fsp3) is 0.188. The van der Waals surface area contributed by atoms with Crippen LogP contribution in [-0.4, -0.2) is 19.6 Å². The van der Waals surface area contributed by atoms with Crippen molar-refractivity contribution in [2.75, 3.05) is 18.6 Å². The van der Waals surface area contributed by atoms with Crippen molar-refractivity contribution in [2.24, 2.45) is 10.7 Å². The maximum absolute atomic E-state index is 6.08. The fourth-order valence-electron chi connectivity index (χ4n) is 2.52. The number of rotatable bonds is 3. The maximum atomic E-state index is 6.08. The molecule has 1 unspecified atom stereocenters. The van der Waals surface area contributed by atoms with E-state index in [-0.39, 0.29) is 6.04 Å². The second-order valence-corrected chi connectivity index (χ2v) is 5.75. The van der Waals surface area contributed by atoms with Gasteiger partial charge in [0.15, 0.2) is 5.96 Å². The Hall–Kier alpha value is -2.01. The van der Waals surface area contributed by atoms with Gasteiger partial charge >= 0.3 is 0 Å². The minimum absolute atomic E-state index is 0.116. The molecule has 1 aliphatic heterocycles. The van der Waals surface area contributed by atoms with E-state index < -0.39 is 0 Å². The van der Waals surface area contributed by atoms with Crippen LogP contribution in [0.25, 0.3) is 0 Å². The Kier molecular flexibility index (Phi) is 3.84. The van der Waals surface area contributed by atoms with Gasteiger partial charge in [-0.15, -0.1) is 0 Å². The molecule has 3 rings (SSSR count). The second kappa shape index (κ2) is 5.77. The zero-order chi connectivity index (χ0) is 14.8. The number of ether oxygens (including phenoxy) is 1. The van der Waals surface area contributed by atoms with Gasteiger partial charge in [0.25, 0.3) is 0 Å². The van der Waals surface area contributed by atoms with E-state index in [2.05, 4.69) is 38.0 Å². The van der Waals surface area contributed by atoms with Crippen molar-refractivity contribution in [1.82, 2.24) is 0 Å². The second-order valence-electron chi connectivity index (χ2n) is 4.84. The van der Waals surface area contributed by atoms with E-state index in [0.717, 1.165) is 15.9 Å². The molecule has 21 heavy (non-hydrogen) atoms. The molecule has 0 fully saturated rings. The SMILES string of the molecule is COc1ccc(C2CN=C(N)N2c2cccc(Br)c2)cc1. The van der Waals surface area contributed by atoms with Crippen molar-refractivity contribution < 1.29 is 4.74 Å². The standard InChI is InChI=1S/C16H16BrN3O/c1-21-14-7-5-11(6-8-14)15-10-19-16(18)20(15)13-4-2-3-12(17)9-13/h2-9,15H,10H2,1H3,(H2,18,19). The number of anilines is 1. The first-order valence-electron chi connectivity index (χ1n) is 6.67. The van der Waals surface area contributed by atoms with Crippen LogP contribution in [0.2, 0.25) is 0 Å². The van der Waals surface area contributed by atoms with E-state index in [1.165, 1.54) is 5.56 Å². The van der Waals surface area contributed by atoms with E-state index >= 15 is 0 Å². The summed E-state index contributed by atoms with van der Waals surface area (Å²) in [5.41, 5.74) is 8.28. The molecule has 2 aromatic carbocycles. The minimum Gasteiger partial charge on any atom is -0.497 e. The fourth-order valence-corrected chi connectivity index (χ4v) is 2.90. The van der Waals surface area contributed by atoms with Crippen molar-refractivity contribution in [1.29, 1.82) is 0 Å². The molecule has 108 valence electrons. The smallest absolute Gasteiger partial charge is 0.196 e. The van der Waals surface area contributed by atoms with Crippen LogP contribution in [0.1, 0.15) is 11.6 Å². The van der Waals surface area contributed by atoms with Gasteiger partial charge in [-0.25, -0.2) is 0 Å². The lowest BCUT2D eigenvalue weighted by molar-refractivity contribution is 0.414. The van der Waals surface area contributed by atoms with Crippen LogP contribution in [0.4, 0.5) is 5.69 Å². The lowest BCUT2D eigenvalue weighted by Gasteiger charge is -2.27. The largest absolute Gasteiger partial charge is 0.497 e.